The van der Waals surface area contributed by atoms with Gasteiger partial charge in [-0.3, -0.25) is 0 Å². The van der Waals surface area contributed by atoms with Gasteiger partial charge in [-0.25, -0.2) is 4.98 Å². The molecule has 0 bridgehead atoms. The lowest BCUT2D eigenvalue weighted by Gasteiger charge is -2.20. The summed E-state index contributed by atoms with van der Waals surface area (Å²) in [4.78, 5) is 6.13. The normalized spacial score (nSPS) is 10.6. The fourth-order valence-electron chi connectivity index (χ4n) is 1.64. The van der Waals surface area contributed by atoms with E-state index in [1.165, 1.54) is 0 Å². The zero-order valence-electron chi connectivity index (χ0n) is 10.0. The number of nitrogens with zero attached hydrogens (tertiary/aromatic N) is 2. The minimum absolute atomic E-state index is 0.253. The average molecular weight is 381 g/mol. The van der Waals surface area contributed by atoms with Crippen molar-refractivity contribution in [3.63, 3.8) is 0 Å². The first-order valence-electron chi connectivity index (χ1n) is 5.44. The van der Waals surface area contributed by atoms with Crippen molar-refractivity contribution in [1.82, 2.24) is 4.98 Å². The summed E-state index contributed by atoms with van der Waals surface area (Å²) >= 11 is 21.3. The zero-order chi connectivity index (χ0) is 14.0. The second-order valence-corrected chi connectivity index (χ2v) is 6.14. The van der Waals surface area contributed by atoms with Crippen molar-refractivity contribution in [3.8, 4) is 0 Å². The van der Waals surface area contributed by atoms with Crippen molar-refractivity contribution in [2.24, 2.45) is 0 Å². The van der Waals surface area contributed by atoms with E-state index in [1.807, 2.05) is 36.2 Å². The summed E-state index contributed by atoms with van der Waals surface area (Å²) in [5.74, 6) is 0.610. The van der Waals surface area contributed by atoms with Crippen LogP contribution in [0.4, 0.5) is 5.82 Å². The number of hydrogen-bond acceptors (Lipinski definition) is 2. The highest BCUT2D eigenvalue weighted by molar-refractivity contribution is 9.10. The molecule has 0 unspecified atom stereocenters. The molecule has 0 aliphatic heterocycles. The third-order valence-electron chi connectivity index (χ3n) is 2.56. The molecule has 0 saturated heterocycles. The molecule has 100 valence electrons. The molecule has 0 atom stereocenters. The molecule has 1 aromatic heterocycles. The third kappa shape index (κ3) is 3.76. The molecule has 2 nitrogen and oxygen atoms in total. The van der Waals surface area contributed by atoms with Gasteiger partial charge in [0.25, 0.3) is 0 Å². The Hall–Kier alpha value is -0.480. The predicted molar refractivity (Wildman–Crippen MR) is 85.5 cm³/mol. The lowest BCUT2D eigenvalue weighted by molar-refractivity contribution is 0.898. The Morgan fingerprint density at radius 1 is 1.11 bits per heavy atom. The standard InChI is InChI=1S/C13H10BrCl3N2/c1-19(7-8-2-4-9(14)5-3-8)13-11(16)6-10(15)12(17)18-13/h2-6H,7H2,1H3. The number of benzene rings is 1. The molecule has 0 N–H and O–H groups in total. The van der Waals surface area contributed by atoms with Gasteiger partial charge in [0.2, 0.25) is 0 Å². The number of aromatic nitrogens is 1. The molecule has 0 amide bonds. The van der Waals surface area contributed by atoms with Gasteiger partial charge in [-0.15, -0.1) is 0 Å². The van der Waals surface area contributed by atoms with Crippen LogP contribution in [0.5, 0.6) is 0 Å². The highest BCUT2D eigenvalue weighted by atomic mass is 79.9. The van der Waals surface area contributed by atoms with Crippen molar-refractivity contribution in [3.05, 3.63) is 55.6 Å². The molecule has 6 heteroatoms. The lowest BCUT2D eigenvalue weighted by atomic mass is 10.2. The van der Waals surface area contributed by atoms with E-state index in [0.717, 1.165) is 10.0 Å². The Morgan fingerprint density at radius 3 is 2.37 bits per heavy atom. The van der Waals surface area contributed by atoms with Crippen molar-refractivity contribution >= 4 is 56.6 Å². The quantitative estimate of drug-likeness (QED) is 0.659. The molecule has 1 heterocycles. The topological polar surface area (TPSA) is 16.1 Å². The summed E-state index contributed by atoms with van der Waals surface area (Å²) in [5, 5.41) is 1.09. The van der Waals surface area contributed by atoms with Crippen molar-refractivity contribution in [2.75, 3.05) is 11.9 Å². The van der Waals surface area contributed by atoms with E-state index in [1.54, 1.807) is 6.07 Å². The largest absolute Gasteiger partial charge is 0.354 e. The number of anilines is 1. The molecule has 0 aliphatic carbocycles. The van der Waals surface area contributed by atoms with Gasteiger partial charge in [0, 0.05) is 18.1 Å². The number of pyridine rings is 1. The fraction of sp³-hybridized carbons (Fsp3) is 0.154. The lowest BCUT2D eigenvalue weighted by Crippen LogP contribution is -2.18. The smallest absolute Gasteiger partial charge is 0.150 e. The minimum atomic E-state index is 0.253. The van der Waals surface area contributed by atoms with Gasteiger partial charge in [0.15, 0.2) is 0 Å². The van der Waals surface area contributed by atoms with Crippen LogP contribution in [0.3, 0.4) is 0 Å². The first-order chi connectivity index (χ1) is 8.97. The van der Waals surface area contributed by atoms with Crippen LogP contribution in [0.1, 0.15) is 5.56 Å². The SMILES string of the molecule is CN(Cc1ccc(Br)cc1)c1nc(Cl)c(Cl)cc1Cl. The Morgan fingerprint density at radius 2 is 1.74 bits per heavy atom. The molecule has 19 heavy (non-hydrogen) atoms. The first kappa shape index (κ1) is 14.9. The van der Waals surface area contributed by atoms with E-state index in [-0.39, 0.29) is 5.15 Å². The third-order valence-corrected chi connectivity index (χ3v) is 4.04. The van der Waals surface area contributed by atoms with E-state index in [2.05, 4.69) is 20.9 Å². The molecule has 0 aliphatic rings. The second kappa shape index (κ2) is 6.31. The van der Waals surface area contributed by atoms with E-state index < -0.39 is 0 Å². The Balaban J connectivity index is 2.22. The summed E-state index contributed by atoms with van der Waals surface area (Å²) in [6, 6.07) is 9.66. The summed E-state index contributed by atoms with van der Waals surface area (Å²) < 4.78 is 1.05. The van der Waals surface area contributed by atoms with Gasteiger partial charge < -0.3 is 4.90 Å². The molecule has 0 fully saturated rings. The first-order valence-corrected chi connectivity index (χ1v) is 7.37. The molecule has 2 rings (SSSR count). The Labute approximate surface area is 135 Å². The van der Waals surface area contributed by atoms with Crippen LogP contribution in [0.2, 0.25) is 15.2 Å². The van der Waals surface area contributed by atoms with Crippen LogP contribution in [0.15, 0.2) is 34.8 Å². The van der Waals surface area contributed by atoms with Crippen LogP contribution in [-0.4, -0.2) is 12.0 Å². The highest BCUT2D eigenvalue weighted by Gasteiger charge is 2.12. The van der Waals surface area contributed by atoms with Crippen LogP contribution < -0.4 is 4.90 Å². The predicted octanol–water partition coefficient (Wildman–Crippen LogP) is 5.44. The van der Waals surface area contributed by atoms with Gasteiger partial charge >= 0.3 is 0 Å². The molecular weight excluding hydrogens is 370 g/mol. The summed E-state index contributed by atoms with van der Waals surface area (Å²) in [5.41, 5.74) is 1.15. The molecule has 1 aromatic carbocycles. The van der Waals surface area contributed by atoms with E-state index in [4.69, 9.17) is 34.8 Å². The Kier molecular flexibility index (Phi) is 4.96. The van der Waals surface area contributed by atoms with Crippen molar-refractivity contribution in [1.29, 1.82) is 0 Å². The average Bonchev–Trinajstić information content (AvgIpc) is 2.36. The zero-order valence-corrected chi connectivity index (χ0v) is 13.9. The van der Waals surface area contributed by atoms with E-state index in [9.17, 15) is 0 Å². The summed E-state index contributed by atoms with van der Waals surface area (Å²) in [7, 11) is 1.90. The fourth-order valence-corrected chi connectivity index (χ4v) is 2.54. The van der Waals surface area contributed by atoms with E-state index in [0.29, 0.717) is 22.4 Å². The van der Waals surface area contributed by atoms with Crippen LogP contribution in [-0.2, 0) is 6.54 Å². The number of halogens is 4. The molecule has 0 saturated carbocycles. The maximum absolute atomic E-state index is 6.13. The van der Waals surface area contributed by atoms with Crippen LogP contribution >= 0.6 is 50.7 Å². The van der Waals surface area contributed by atoms with Crippen molar-refractivity contribution in [2.45, 2.75) is 6.54 Å². The number of hydrogen-bond donors (Lipinski definition) is 0. The van der Waals surface area contributed by atoms with Crippen LogP contribution in [0, 0.1) is 0 Å². The molecule has 0 spiro atoms. The number of rotatable bonds is 3. The van der Waals surface area contributed by atoms with E-state index >= 15 is 0 Å². The molecular formula is C13H10BrCl3N2. The molecule has 2 aromatic rings. The second-order valence-electron chi connectivity index (χ2n) is 4.05. The summed E-state index contributed by atoms with van der Waals surface area (Å²) in [6.45, 7) is 0.679. The Bertz CT molecular complexity index is 587. The maximum Gasteiger partial charge on any atom is 0.150 e. The van der Waals surface area contributed by atoms with Crippen LogP contribution in [0.25, 0.3) is 0 Å². The van der Waals surface area contributed by atoms with Gasteiger partial charge in [-0.1, -0.05) is 62.9 Å². The van der Waals surface area contributed by atoms with Gasteiger partial charge in [0.05, 0.1) is 10.0 Å². The maximum atomic E-state index is 6.13. The van der Waals surface area contributed by atoms with Gasteiger partial charge in [0.1, 0.15) is 11.0 Å². The highest BCUT2D eigenvalue weighted by Crippen LogP contribution is 2.31. The monoisotopic (exact) mass is 378 g/mol. The van der Waals surface area contributed by atoms with Crippen molar-refractivity contribution < 1.29 is 0 Å². The minimum Gasteiger partial charge on any atom is -0.354 e. The summed E-state index contributed by atoms with van der Waals surface area (Å²) in [6.07, 6.45) is 0. The van der Waals surface area contributed by atoms with Gasteiger partial charge in [-0.05, 0) is 23.8 Å². The molecule has 0 radical (unpaired) electrons. The van der Waals surface area contributed by atoms with Gasteiger partial charge in [-0.2, -0.15) is 0 Å².